The minimum absolute atomic E-state index is 0.0736. The van der Waals surface area contributed by atoms with Gasteiger partial charge in [0.15, 0.2) is 12.4 Å². The summed E-state index contributed by atoms with van der Waals surface area (Å²) in [6.07, 6.45) is 1.34. The van der Waals surface area contributed by atoms with Crippen molar-refractivity contribution in [3.05, 3.63) is 47.4 Å². The molecule has 0 aliphatic rings. The molecular formula is C18H17N3O5S. The van der Waals surface area contributed by atoms with Gasteiger partial charge in [0.05, 0.1) is 6.26 Å². The van der Waals surface area contributed by atoms with Crippen molar-refractivity contribution in [2.45, 2.75) is 18.7 Å². The Bertz CT molecular complexity index is 864. The van der Waals surface area contributed by atoms with Crippen LogP contribution >= 0.6 is 11.8 Å². The van der Waals surface area contributed by atoms with Crippen LogP contribution in [0.2, 0.25) is 0 Å². The summed E-state index contributed by atoms with van der Waals surface area (Å²) in [5.41, 5.74) is 2.18. The highest BCUT2D eigenvalue weighted by Gasteiger charge is 2.14. The summed E-state index contributed by atoms with van der Waals surface area (Å²) < 4.78 is 9.73. The summed E-state index contributed by atoms with van der Waals surface area (Å²) in [6, 6.07) is 6.58. The van der Waals surface area contributed by atoms with Crippen molar-refractivity contribution >= 4 is 35.2 Å². The highest BCUT2D eigenvalue weighted by molar-refractivity contribution is 8.03. The normalized spacial score (nSPS) is 9.96. The number of nitrogens with one attached hydrogen (secondary N) is 2. The van der Waals surface area contributed by atoms with Crippen LogP contribution in [0, 0.1) is 24.5 Å². The van der Waals surface area contributed by atoms with Crippen molar-refractivity contribution in [1.29, 1.82) is 5.26 Å². The number of anilines is 1. The summed E-state index contributed by atoms with van der Waals surface area (Å²) in [6.45, 7) is 2.74. The Morgan fingerprint density at radius 2 is 1.96 bits per heavy atom. The second-order valence-electron chi connectivity index (χ2n) is 5.49. The van der Waals surface area contributed by atoms with Crippen LogP contribution in [0.25, 0.3) is 0 Å². The number of carbonyl (C=O) groups is 3. The van der Waals surface area contributed by atoms with Gasteiger partial charge in [0.1, 0.15) is 11.9 Å². The van der Waals surface area contributed by atoms with Gasteiger partial charge in [0.2, 0.25) is 0 Å². The van der Waals surface area contributed by atoms with Gasteiger partial charge < -0.3 is 19.8 Å². The molecule has 140 valence electrons. The summed E-state index contributed by atoms with van der Waals surface area (Å²) in [4.78, 5) is 36.1. The lowest BCUT2D eigenvalue weighted by molar-refractivity contribution is -0.146. The molecule has 0 aliphatic carbocycles. The maximum Gasteiger partial charge on any atom is 0.325 e. The van der Waals surface area contributed by atoms with E-state index >= 15 is 0 Å². The third-order valence-electron chi connectivity index (χ3n) is 3.44. The molecule has 0 bridgehead atoms. The van der Waals surface area contributed by atoms with Crippen LogP contribution in [-0.4, -0.2) is 30.9 Å². The van der Waals surface area contributed by atoms with Crippen molar-refractivity contribution in [3.63, 3.8) is 0 Å². The number of hydrogen-bond donors (Lipinski definition) is 2. The van der Waals surface area contributed by atoms with E-state index in [1.54, 1.807) is 32.0 Å². The van der Waals surface area contributed by atoms with Gasteiger partial charge in [0, 0.05) is 10.6 Å². The molecule has 0 aliphatic heterocycles. The highest BCUT2D eigenvalue weighted by atomic mass is 32.2. The molecule has 0 fully saturated rings. The zero-order chi connectivity index (χ0) is 19.8. The van der Waals surface area contributed by atoms with Gasteiger partial charge in [-0.3, -0.25) is 14.4 Å². The van der Waals surface area contributed by atoms with E-state index in [0.717, 1.165) is 27.8 Å². The fourth-order valence-electron chi connectivity index (χ4n) is 2.25. The van der Waals surface area contributed by atoms with Crippen LogP contribution in [0.1, 0.15) is 21.7 Å². The number of aryl methyl sites for hydroxylation is 2. The van der Waals surface area contributed by atoms with Crippen molar-refractivity contribution in [1.82, 2.24) is 5.32 Å². The van der Waals surface area contributed by atoms with Crippen molar-refractivity contribution < 1.29 is 23.5 Å². The Morgan fingerprint density at radius 1 is 1.26 bits per heavy atom. The molecule has 0 radical (unpaired) electrons. The van der Waals surface area contributed by atoms with Crippen molar-refractivity contribution in [3.8, 4) is 5.40 Å². The number of ether oxygens (including phenoxy) is 1. The number of carbonyl (C=O) groups excluding carboxylic acids is 3. The predicted octanol–water partition coefficient (Wildman–Crippen LogP) is 2.38. The predicted molar refractivity (Wildman–Crippen MR) is 98.0 cm³/mol. The van der Waals surface area contributed by atoms with Gasteiger partial charge in [-0.15, -0.1) is 0 Å². The first-order chi connectivity index (χ1) is 12.9. The lowest BCUT2D eigenvalue weighted by Crippen LogP contribution is -2.32. The second kappa shape index (κ2) is 9.45. The molecule has 0 unspecified atom stereocenters. The molecule has 0 atom stereocenters. The van der Waals surface area contributed by atoms with Crippen LogP contribution in [-0.2, 0) is 14.3 Å². The van der Waals surface area contributed by atoms with Crippen LogP contribution in [0.15, 0.2) is 39.8 Å². The topological polar surface area (TPSA) is 121 Å². The molecule has 2 N–H and O–H groups in total. The molecule has 2 aromatic rings. The Balaban J connectivity index is 1.81. The number of benzene rings is 1. The number of rotatable bonds is 7. The molecule has 0 spiro atoms. The van der Waals surface area contributed by atoms with E-state index in [1.807, 2.05) is 5.40 Å². The zero-order valence-electron chi connectivity index (χ0n) is 14.7. The number of amides is 2. The third kappa shape index (κ3) is 5.90. The lowest BCUT2D eigenvalue weighted by Gasteiger charge is -2.13. The first-order valence-corrected chi connectivity index (χ1v) is 8.66. The van der Waals surface area contributed by atoms with Crippen LogP contribution < -0.4 is 10.6 Å². The van der Waals surface area contributed by atoms with Crippen LogP contribution in [0.3, 0.4) is 0 Å². The molecular weight excluding hydrogens is 370 g/mol. The average Bonchev–Trinajstić information content (AvgIpc) is 3.16. The van der Waals surface area contributed by atoms with Gasteiger partial charge in [0.25, 0.3) is 11.8 Å². The maximum atomic E-state index is 12.0. The summed E-state index contributed by atoms with van der Waals surface area (Å²) in [7, 11) is 0. The van der Waals surface area contributed by atoms with Gasteiger partial charge in [-0.1, -0.05) is 0 Å². The molecule has 1 aromatic heterocycles. The number of thiocyanates is 1. The molecule has 9 heteroatoms. The van der Waals surface area contributed by atoms with E-state index in [1.165, 1.54) is 12.3 Å². The van der Waals surface area contributed by atoms with Crippen molar-refractivity contribution in [2.75, 3.05) is 18.5 Å². The van der Waals surface area contributed by atoms with Crippen LogP contribution in [0.5, 0.6) is 0 Å². The summed E-state index contributed by atoms with van der Waals surface area (Å²) >= 11 is 1.03. The summed E-state index contributed by atoms with van der Waals surface area (Å²) in [5.74, 6) is -1.74. The van der Waals surface area contributed by atoms with Gasteiger partial charge in [-0.05, 0) is 61.0 Å². The number of nitrogens with zero attached hydrogens (tertiary/aromatic N) is 1. The standard InChI is InChI=1S/C18H17N3O5S/c1-11-6-13(27-10-19)7-12(2)17(11)21-15(22)9-26-16(23)8-20-18(24)14-4-3-5-25-14/h3-7H,8-9H2,1-2H3,(H,20,24)(H,21,22). The Labute approximate surface area is 159 Å². The Hall–Kier alpha value is -3.25. The van der Waals surface area contributed by atoms with Gasteiger partial charge >= 0.3 is 5.97 Å². The van der Waals surface area contributed by atoms with E-state index in [9.17, 15) is 14.4 Å². The number of esters is 1. The van der Waals surface area contributed by atoms with Crippen molar-refractivity contribution in [2.24, 2.45) is 0 Å². The Morgan fingerprint density at radius 3 is 2.56 bits per heavy atom. The van der Waals surface area contributed by atoms with Gasteiger partial charge in [-0.2, -0.15) is 5.26 Å². The average molecular weight is 387 g/mol. The molecule has 8 nitrogen and oxygen atoms in total. The number of nitriles is 1. The van der Waals surface area contributed by atoms with E-state index in [2.05, 4.69) is 10.6 Å². The highest BCUT2D eigenvalue weighted by Crippen LogP contribution is 2.27. The quantitative estimate of drug-likeness (QED) is 0.425. The smallest absolute Gasteiger partial charge is 0.325 e. The van der Waals surface area contributed by atoms with E-state index in [0.29, 0.717) is 5.69 Å². The first kappa shape index (κ1) is 20.1. The fourth-order valence-corrected chi connectivity index (χ4v) is 2.83. The number of furan rings is 1. The fraction of sp³-hybridized carbons (Fsp3) is 0.222. The van der Waals surface area contributed by atoms with Gasteiger partial charge in [-0.25, -0.2) is 0 Å². The minimum atomic E-state index is -0.751. The number of thioether (sulfide) groups is 1. The first-order valence-electron chi connectivity index (χ1n) is 7.85. The second-order valence-corrected chi connectivity index (χ2v) is 6.35. The number of hydrogen-bond acceptors (Lipinski definition) is 7. The molecule has 2 rings (SSSR count). The zero-order valence-corrected chi connectivity index (χ0v) is 15.5. The maximum absolute atomic E-state index is 12.0. The lowest BCUT2D eigenvalue weighted by atomic mass is 10.1. The SMILES string of the molecule is Cc1cc(SC#N)cc(C)c1NC(=O)COC(=O)CNC(=O)c1ccco1. The third-order valence-corrected chi connectivity index (χ3v) is 4.00. The minimum Gasteiger partial charge on any atom is -0.459 e. The molecule has 0 saturated carbocycles. The van der Waals surface area contributed by atoms with Crippen LogP contribution in [0.4, 0.5) is 5.69 Å². The molecule has 27 heavy (non-hydrogen) atoms. The van der Waals surface area contributed by atoms with E-state index in [4.69, 9.17) is 14.4 Å². The largest absolute Gasteiger partial charge is 0.459 e. The van der Waals surface area contributed by atoms with E-state index in [-0.39, 0.29) is 12.3 Å². The molecule has 1 heterocycles. The monoisotopic (exact) mass is 387 g/mol. The van der Waals surface area contributed by atoms with E-state index < -0.39 is 24.4 Å². The molecule has 2 amide bonds. The molecule has 1 aromatic carbocycles. The Kier molecular flexibility index (Phi) is 7.02. The summed E-state index contributed by atoms with van der Waals surface area (Å²) in [5, 5.41) is 15.7. The molecule has 0 saturated heterocycles.